The first-order valence-corrected chi connectivity index (χ1v) is 40.1. The Kier molecular flexibility index (Phi) is 25.9. The Labute approximate surface area is 742 Å². The van der Waals surface area contributed by atoms with Crippen LogP contribution >= 0.6 is 0 Å². The number of aromatic nitrogens is 18. The molecule has 0 aliphatic rings. The second-order valence-corrected chi connectivity index (χ2v) is 28.4. The predicted octanol–water partition coefficient (Wildman–Crippen LogP) is 15.3. The van der Waals surface area contributed by atoms with Gasteiger partial charge in [0.1, 0.15) is 39.7 Å². The quantitative estimate of drug-likeness (QED) is 0.0469. The molecule has 0 atom stereocenters. The summed E-state index contributed by atoms with van der Waals surface area (Å²) in [6.45, 7) is 0. The van der Waals surface area contributed by atoms with Crippen molar-refractivity contribution in [1.29, 1.82) is 0 Å². The molecule has 22 rings (SSSR count). The zero-order valence-corrected chi connectivity index (χ0v) is 68.2. The van der Waals surface area contributed by atoms with Gasteiger partial charge >= 0.3 is 32.2 Å². The van der Waals surface area contributed by atoms with E-state index in [0.717, 1.165) is 133 Å². The zero-order valence-electron chi connectivity index (χ0n) is 68.2. The number of fused-ring (bicyclic) bond motifs is 8. The van der Waals surface area contributed by atoms with Gasteiger partial charge in [0.2, 0.25) is 5.82 Å². The molecule has 0 aliphatic heterocycles. The van der Waals surface area contributed by atoms with Gasteiger partial charge in [0.05, 0.1) is 28.3 Å². The first kappa shape index (κ1) is 84.9. The highest BCUT2D eigenvalue weighted by Crippen LogP contribution is 2.37. The Morgan fingerprint density at radius 3 is 1.32 bits per heavy atom. The van der Waals surface area contributed by atoms with E-state index in [0.29, 0.717) is 65.3 Å². The molecular formula is C98H65B4N18O10. The van der Waals surface area contributed by atoms with Crippen LogP contribution in [-0.2, 0) is 0 Å². The highest BCUT2D eigenvalue weighted by molar-refractivity contribution is 6.56. The summed E-state index contributed by atoms with van der Waals surface area (Å²) in [6, 6.07) is 105. The summed E-state index contributed by atoms with van der Waals surface area (Å²) in [4.78, 5) is 100. The molecule has 11 aromatic carbocycles. The Morgan fingerprint density at radius 2 is 0.731 bits per heavy atom. The van der Waals surface area contributed by atoms with Crippen molar-refractivity contribution in [3.8, 4) is 143 Å². The van der Waals surface area contributed by atoms with Gasteiger partial charge in [0.15, 0.2) is 40.7 Å². The Bertz CT molecular complexity index is 7730. The highest BCUT2D eigenvalue weighted by Gasteiger charge is 2.24. The van der Waals surface area contributed by atoms with Crippen LogP contribution in [0.4, 0.5) is 0 Å². The molecule has 0 fully saturated rings. The van der Waals surface area contributed by atoms with Crippen molar-refractivity contribution in [2.24, 2.45) is 0 Å². The van der Waals surface area contributed by atoms with E-state index in [1.807, 2.05) is 297 Å². The van der Waals surface area contributed by atoms with Gasteiger partial charge in [-0.15, -0.1) is 0 Å². The maximum absolute atomic E-state index is 12.2. The van der Waals surface area contributed by atoms with Crippen LogP contribution in [0.3, 0.4) is 0 Å². The van der Waals surface area contributed by atoms with E-state index in [1.165, 1.54) is 0 Å². The van der Waals surface area contributed by atoms with Crippen LogP contribution in [0.2, 0.25) is 0 Å². The molecule has 0 unspecified atom stereocenters. The standard InChI is InChI=1S/C29H20BN5O2.C25H15N3O2.C23H15BN7O2.C21H13N3O2.2BHO/c36-30(37)29-34-26(22-17-15-20(16-18-22)19-9-3-1-4-10-19)33-28(35-29)27-31-24-14-8-7-13-23(24)25(32-27)21-11-5-2-6-12-21;29-25-27-23(15-6-2-1-3-7-15)26-24(28-25)18-10-11-21-19(13-18)20-12-16-8-4-5-9-17(16)14-22(20)30-21;32-24-33-23-30-21(16-8-9-19(27-14-16)18-6-2-4-12-26-18)29-22(31-23)20-10-7-15(13-28-20)17-5-1-3-11-25-17;25-21-23-19(13-6-2-1-3-7-13)22-20(24-21)14-10-11-18-16(12-14)15-8-4-5-9-17(15)26-18;2*1-2/h1-18,36-37H;1-14H,(H,26,27,28,29);1-14,32H;1-12H,(H,22,23,24,25);2*2H. The van der Waals surface area contributed by atoms with Crippen LogP contribution in [0.1, 0.15) is 0 Å². The zero-order chi connectivity index (χ0) is 89.2. The van der Waals surface area contributed by atoms with Gasteiger partial charge in [-0.2, -0.15) is 19.9 Å². The number of hydrogen-bond donors (Lipinski definition) is 7. The minimum Gasteiger partial charge on any atom is -0.508 e. The SMILES string of the molecule is O=c1nc(-c2ccc3oc4cc5ccccc5cc4c3c2)nc(-c2ccccc2)[nH]1.O=c1nc(-c2ccc3oc4ccccc4c3c2)nc(-c2ccccc2)[nH]1.OB(O)c1nc(-c2ccc(-c3ccccc3)cc2)nc(-c2nc(-c3ccccc3)c3ccccc3n2)n1.O[B]Oc1nc(-c2ccc(-c3ccccn3)nc2)nc(-c2ccc(-c3ccccn3)cn2)n1.[B]O.[B]O. The normalized spacial score (nSPS) is 10.8. The fourth-order valence-corrected chi connectivity index (χ4v) is 14.2. The number of aromatic amines is 2. The van der Waals surface area contributed by atoms with Crippen molar-refractivity contribution in [1.82, 2.24) is 89.7 Å². The van der Waals surface area contributed by atoms with E-state index in [1.54, 1.807) is 30.9 Å². The second kappa shape index (κ2) is 39.7. The summed E-state index contributed by atoms with van der Waals surface area (Å²) < 4.78 is 16.9. The van der Waals surface area contributed by atoms with Crippen molar-refractivity contribution < 1.29 is 38.6 Å². The Hall–Kier alpha value is -17.3. The van der Waals surface area contributed by atoms with Crippen molar-refractivity contribution in [3.63, 3.8) is 0 Å². The molecule has 32 heteroatoms. The van der Waals surface area contributed by atoms with Gasteiger partial charge in [-0.3, -0.25) is 29.9 Å². The number of pyridine rings is 4. The summed E-state index contributed by atoms with van der Waals surface area (Å²) in [5.41, 5.74) is 15.0. The molecular weight excluding hydrogens is 1630 g/mol. The summed E-state index contributed by atoms with van der Waals surface area (Å²) in [5.74, 6) is 3.10. The molecule has 619 valence electrons. The summed E-state index contributed by atoms with van der Waals surface area (Å²) >= 11 is 0. The highest BCUT2D eigenvalue weighted by atomic mass is 16.5. The summed E-state index contributed by atoms with van der Waals surface area (Å²) in [7, 11) is 5.64. The lowest BCUT2D eigenvalue weighted by Crippen LogP contribution is -2.36. The second-order valence-electron chi connectivity index (χ2n) is 28.4. The fraction of sp³-hybridized carbons (Fsp3) is 0. The number of furan rings is 2. The van der Waals surface area contributed by atoms with Gasteiger partial charge in [-0.25, -0.2) is 49.5 Å². The van der Waals surface area contributed by atoms with E-state index in [2.05, 4.69) is 120 Å². The average Bonchev–Trinajstić information content (AvgIpc) is 1.64. The third-order valence-electron chi connectivity index (χ3n) is 20.3. The smallest absolute Gasteiger partial charge is 0.508 e. The molecule has 0 saturated carbocycles. The molecule has 7 N–H and O–H groups in total. The van der Waals surface area contributed by atoms with E-state index in [-0.39, 0.29) is 23.4 Å². The number of benzene rings is 11. The van der Waals surface area contributed by atoms with Crippen LogP contribution in [0.15, 0.2) is 371 Å². The minimum absolute atomic E-state index is 0.0677. The molecule has 0 amide bonds. The van der Waals surface area contributed by atoms with Crippen molar-refractivity contribution >= 4 is 102 Å². The van der Waals surface area contributed by atoms with Gasteiger partial charge in [-0.1, -0.05) is 218 Å². The van der Waals surface area contributed by atoms with Crippen LogP contribution in [-0.4, -0.2) is 146 Å². The number of H-pyrrole nitrogens is 2. The van der Waals surface area contributed by atoms with Crippen molar-refractivity contribution in [3.05, 3.63) is 373 Å². The lowest BCUT2D eigenvalue weighted by Gasteiger charge is -2.10. The molecule has 28 nitrogen and oxygen atoms in total. The van der Waals surface area contributed by atoms with Crippen molar-refractivity contribution in [2.75, 3.05) is 0 Å². The number of nitrogens with one attached hydrogen (secondary N) is 2. The molecule has 11 aromatic heterocycles. The predicted molar refractivity (Wildman–Crippen MR) is 501 cm³/mol. The molecule has 0 spiro atoms. The van der Waals surface area contributed by atoms with Gasteiger partial charge < -0.3 is 38.6 Å². The summed E-state index contributed by atoms with van der Waals surface area (Å²) in [5, 5.41) is 49.1. The van der Waals surface area contributed by atoms with Crippen LogP contribution in [0.5, 0.6) is 6.01 Å². The maximum Gasteiger partial charge on any atom is 0.571 e. The summed E-state index contributed by atoms with van der Waals surface area (Å²) in [6.07, 6.45) is 6.78. The largest absolute Gasteiger partial charge is 0.571 e. The number of hydrogen-bond acceptors (Lipinski definition) is 26. The molecule has 0 saturated heterocycles. The lowest BCUT2D eigenvalue weighted by molar-refractivity contribution is 0.422. The van der Waals surface area contributed by atoms with Crippen LogP contribution in [0, 0.1) is 0 Å². The maximum atomic E-state index is 12.2. The Balaban J connectivity index is 0.000000121. The monoisotopic (exact) mass is 1700 g/mol. The topological polar surface area (TPSA) is 409 Å². The van der Waals surface area contributed by atoms with Gasteiger partial charge in [0.25, 0.3) is 16.1 Å². The van der Waals surface area contributed by atoms with E-state index >= 15 is 0 Å². The Morgan fingerprint density at radius 1 is 0.300 bits per heavy atom. The fourth-order valence-electron chi connectivity index (χ4n) is 14.2. The first-order chi connectivity index (χ1) is 64.0. The molecule has 5 radical (unpaired) electrons. The van der Waals surface area contributed by atoms with E-state index in [4.69, 9.17) is 38.5 Å². The third-order valence-corrected chi connectivity index (χ3v) is 20.3. The van der Waals surface area contributed by atoms with E-state index in [9.17, 15) is 19.6 Å². The van der Waals surface area contributed by atoms with Gasteiger partial charge in [0, 0.05) is 96.2 Å². The lowest BCUT2D eigenvalue weighted by atomic mass is 9.90. The van der Waals surface area contributed by atoms with Crippen LogP contribution in [0.25, 0.3) is 202 Å². The molecule has 0 aliphatic carbocycles. The third kappa shape index (κ3) is 19.3. The molecule has 22 aromatic rings. The van der Waals surface area contributed by atoms with Crippen molar-refractivity contribution in [2.45, 2.75) is 0 Å². The number of para-hydroxylation sites is 2. The number of rotatable bonds is 15. The molecule has 11 heterocycles. The average molecular weight is 1700 g/mol. The molecule has 0 bridgehead atoms. The minimum atomic E-state index is -1.88. The first-order valence-electron chi connectivity index (χ1n) is 40.1. The van der Waals surface area contributed by atoms with Crippen LogP contribution < -0.4 is 21.8 Å². The number of nitrogens with zero attached hydrogens (tertiary/aromatic N) is 16. The molecule has 130 heavy (non-hydrogen) atoms. The van der Waals surface area contributed by atoms with Gasteiger partial charge in [-0.05, 0) is 131 Å². The van der Waals surface area contributed by atoms with E-state index < -0.39 is 18.5 Å².